The number of hydrogen-bond acceptors (Lipinski definition) is 2. The summed E-state index contributed by atoms with van der Waals surface area (Å²) in [5.41, 5.74) is 0. The van der Waals surface area contributed by atoms with Crippen molar-refractivity contribution in [2.75, 3.05) is 26.3 Å². The second kappa shape index (κ2) is 2.33. The van der Waals surface area contributed by atoms with Crippen LogP contribution in [0.25, 0.3) is 0 Å². The van der Waals surface area contributed by atoms with Crippen LogP contribution in [-0.4, -0.2) is 39.1 Å². The predicted octanol–water partition coefficient (Wildman–Crippen LogP) is -1.40. The van der Waals surface area contributed by atoms with Gasteiger partial charge in [-0.05, 0) is 0 Å². The molecule has 0 aromatic carbocycles. The molecule has 0 aromatic heterocycles. The van der Waals surface area contributed by atoms with E-state index in [9.17, 15) is 0 Å². The van der Waals surface area contributed by atoms with Gasteiger partial charge in [-0.15, -0.1) is 4.74 Å². The minimum absolute atomic E-state index is 0.476. The third kappa shape index (κ3) is 1.49. The van der Waals surface area contributed by atoms with Crippen LogP contribution < -0.4 is 0 Å². The lowest BCUT2D eigenvalue weighted by atomic mass is 10.3. The van der Waals surface area contributed by atoms with Crippen molar-refractivity contribution in [1.82, 2.24) is 4.81 Å². The molecule has 0 N–H and O–H groups in total. The fraction of sp³-hybridized carbons (Fsp3) is 1.00. The molecule has 1 fully saturated rings. The molecule has 0 saturated carbocycles. The van der Waals surface area contributed by atoms with Crippen LogP contribution in [-0.2, 0) is 4.74 Å². The lowest BCUT2D eigenvalue weighted by Gasteiger charge is -2.20. The van der Waals surface area contributed by atoms with E-state index in [0.29, 0.717) is 7.98 Å². The van der Waals surface area contributed by atoms with Gasteiger partial charge < -0.3 is 4.81 Å². The van der Waals surface area contributed by atoms with E-state index >= 15 is 0 Å². The van der Waals surface area contributed by atoms with Gasteiger partial charge in [0.25, 0.3) is 0 Å². The van der Waals surface area contributed by atoms with Gasteiger partial charge in [0.2, 0.25) is 13.2 Å². The number of ether oxygens (including phenoxy) is 1. The SMILES string of the molecule is [BH3-]N1CC[O+]CC1. The van der Waals surface area contributed by atoms with E-state index in [1.165, 1.54) is 13.1 Å². The van der Waals surface area contributed by atoms with Gasteiger partial charge in [0.05, 0.1) is 0 Å². The zero-order valence-corrected chi connectivity index (χ0v) is 3.68. The molecular weight excluding hydrogens is 88.9 g/mol. The maximum absolute atomic E-state index is 5.14. The van der Waals surface area contributed by atoms with Crippen LogP contribution in [0.5, 0.6) is 0 Å². The quantitative estimate of drug-likeness (QED) is 0.274. The molecule has 0 aliphatic carbocycles. The minimum atomic E-state index is 0.476. The Kier molecular flexibility index (Phi) is 1.71. The summed E-state index contributed by atoms with van der Waals surface area (Å²) in [6.07, 6.45) is 0. The zero-order valence-electron chi connectivity index (χ0n) is 3.68. The summed E-state index contributed by atoms with van der Waals surface area (Å²) in [6.45, 7) is 4.37. The van der Waals surface area contributed by atoms with Crippen LogP contribution in [0.4, 0.5) is 0 Å². The average molecular weight is 100.0 g/mol. The number of hydrogen-bond donors (Lipinski definition) is 0. The van der Waals surface area contributed by atoms with E-state index in [-0.39, 0.29) is 0 Å². The first kappa shape index (κ1) is 5.13. The highest BCUT2D eigenvalue weighted by Crippen LogP contribution is 1.88. The molecule has 1 aliphatic rings. The summed E-state index contributed by atoms with van der Waals surface area (Å²) >= 11 is 0. The molecule has 0 spiro atoms. The van der Waals surface area contributed by atoms with E-state index < -0.39 is 0 Å². The van der Waals surface area contributed by atoms with E-state index in [4.69, 9.17) is 4.74 Å². The molecule has 41 valence electrons. The molecular formula is C4H11BNO. The molecule has 0 unspecified atom stereocenters. The summed E-state index contributed by atoms with van der Waals surface area (Å²) in [4.78, 5) is 2.52. The Morgan fingerprint density at radius 2 is 1.86 bits per heavy atom. The number of morpholine rings is 1. The molecule has 1 saturated heterocycles. The standard InChI is InChI=1S/C4H11BNO/c5-6-1-3-7-4-2-6/h1-4H2,5H3. The van der Waals surface area contributed by atoms with Gasteiger partial charge in [-0.3, -0.25) is 0 Å². The Labute approximate surface area is 44.9 Å². The fourth-order valence-corrected chi connectivity index (χ4v) is 0.472. The molecule has 0 amide bonds. The van der Waals surface area contributed by atoms with Gasteiger partial charge in [-0.1, -0.05) is 0 Å². The summed E-state index contributed by atoms with van der Waals surface area (Å²) < 4.78 is 5.14. The average Bonchev–Trinajstić information content (AvgIpc) is 1.69. The van der Waals surface area contributed by atoms with Crippen LogP contribution in [0.2, 0.25) is 0 Å². The van der Waals surface area contributed by atoms with E-state index in [2.05, 4.69) is 4.81 Å². The third-order valence-corrected chi connectivity index (χ3v) is 0.787. The highest BCUT2D eigenvalue weighted by molar-refractivity contribution is 6.04. The second-order valence-electron chi connectivity index (χ2n) is 1.28. The van der Waals surface area contributed by atoms with Crippen molar-refractivity contribution in [3.8, 4) is 0 Å². The topological polar surface area (TPSA) is 14.5 Å². The van der Waals surface area contributed by atoms with Crippen LogP contribution in [0.3, 0.4) is 0 Å². The molecule has 7 heavy (non-hydrogen) atoms. The number of rotatable bonds is 0. The van der Waals surface area contributed by atoms with Gasteiger partial charge in [-0.2, -0.15) is 0 Å². The summed E-state index contributed by atoms with van der Waals surface area (Å²) in [5.74, 6) is 0. The van der Waals surface area contributed by atoms with E-state index in [1.54, 1.807) is 0 Å². The van der Waals surface area contributed by atoms with Gasteiger partial charge >= 0.3 is 0 Å². The monoisotopic (exact) mass is 100 g/mol. The largest absolute Gasteiger partial charge is 0.471 e. The van der Waals surface area contributed by atoms with Gasteiger partial charge in [0.15, 0.2) is 0 Å². The Hall–Kier alpha value is -0.0151. The lowest BCUT2D eigenvalue weighted by molar-refractivity contribution is 0.0739. The molecule has 0 atom stereocenters. The maximum Gasteiger partial charge on any atom is 0.229 e. The highest BCUT2D eigenvalue weighted by atomic mass is 16.5. The van der Waals surface area contributed by atoms with Crippen LogP contribution in [0.15, 0.2) is 0 Å². The zero-order chi connectivity index (χ0) is 5.11. The molecule has 2 nitrogen and oxygen atoms in total. The smallest absolute Gasteiger partial charge is 0.229 e. The Morgan fingerprint density at radius 1 is 1.29 bits per heavy atom. The molecule has 1 radical (unpaired) electrons. The normalized spacial score (nSPS) is 25.3. The fourth-order valence-electron chi connectivity index (χ4n) is 0.472. The molecule has 1 rings (SSSR count). The summed E-state index contributed by atoms with van der Waals surface area (Å²) in [6, 6.07) is 0. The maximum atomic E-state index is 5.14. The highest BCUT2D eigenvalue weighted by Gasteiger charge is 2.08. The first-order chi connectivity index (χ1) is 3.39. The van der Waals surface area contributed by atoms with Crippen LogP contribution in [0.1, 0.15) is 0 Å². The number of nitrogens with zero attached hydrogens (tertiary/aromatic N) is 1. The molecule has 0 aromatic rings. The molecule has 1 aliphatic heterocycles. The second-order valence-corrected chi connectivity index (χ2v) is 1.28. The summed E-state index contributed by atoms with van der Waals surface area (Å²) in [7, 11) is 0.476. The molecule has 3 heteroatoms. The Bertz CT molecular complexity index is 53.7. The van der Waals surface area contributed by atoms with Crippen molar-refractivity contribution in [2.24, 2.45) is 0 Å². The van der Waals surface area contributed by atoms with Crippen LogP contribution >= 0.6 is 0 Å². The van der Waals surface area contributed by atoms with Crippen LogP contribution in [0, 0.1) is 0 Å². The Balaban J connectivity index is 2.12. The summed E-state index contributed by atoms with van der Waals surface area (Å²) in [5, 5.41) is 0. The van der Waals surface area contributed by atoms with E-state index in [1.807, 2.05) is 0 Å². The molecule has 1 heterocycles. The van der Waals surface area contributed by atoms with E-state index in [0.717, 1.165) is 13.2 Å². The van der Waals surface area contributed by atoms with Crippen molar-refractivity contribution in [3.05, 3.63) is 0 Å². The predicted molar refractivity (Wildman–Crippen MR) is 32.3 cm³/mol. The molecule has 0 bridgehead atoms. The first-order valence-electron chi connectivity index (χ1n) is 2.21. The van der Waals surface area contributed by atoms with Crippen molar-refractivity contribution >= 4 is 7.98 Å². The third-order valence-electron chi connectivity index (χ3n) is 0.787. The van der Waals surface area contributed by atoms with Gasteiger partial charge in [0.1, 0.15) is 0 Å². The van der Waals surface area contributed by atoms with Crippen molar-refractivity contribution in [1.29, 1.82) is 0 Å². The van der Waals surface area contributed by atoms with Crippen molar-refractivity contribution < 1.29 is 4.74 Å². The first-order valence-corrected chi connectivity index (χ1v) is 2.21. The Morgan fingerprint density at radius 3 is 2.14 bits per heavy atom. The van der Waals surface area contributed by atoms with Gasteiger partial charge in [0, 0.05) is 21.1 Å². The minimum Gasteiger partial charge on any atom is -0.471 e. The van der Waals surface area contributed by atoms with Crippen molar-refractivity contribution in [3.63, 3.8) is 0 Å². The van der Waals surface area contributed by atoms with Gasteiger partial charge in [-0.25, -0.2) is 0 Å². The van der Waals surface area contributed by atoms with Crippen molar-refractivity contribution in [2.45, 2.75) is 0 Å². The lowest BCUT2D eigenvalue weighted by Crippen LogP contribution is -2.33.